The van der Waals surface area contributed by atoms with Crippen LogP contribution in [0.15, 0.2) is 90.4 Å². The van der Waals surface area contributed by atoms with Gasteiger partial charge in [-0.15, -0.1) is 0 Å². The van der Waals surface area contributed by atoms with Crippen molar-refractivity contribution in [3.05, 3.63) is 113 Å². The summed E-state index contributed by atoms with van der Waals surface area (Å²) in [6, 6.07) is 11.4. The van der Waals surface area contributed by atoms with Crippen LogP contribution in [0.25, 0.3) is 11.2 Å². The second-order valence-electron chi connectivity index (χ2n) is 22.6. The van der Waals surface area contributed by atoms with Crippen LogP contribution in [0.3, 0.4) is 0 Å². The molecule has 3 aromatic heterocycles. The molecule has 1 saturated carbocycles. The first-order chi connectivity index (χ1) is 44.7. The highest BCUT2D eigenvalue weighted by Gasteiger charge is 2.49. The fourth-order valence-corrected chi connectivity index (χ4v) is 12.5. The zero-order valence-corrected chi connectivity index (χ0v) is 52.8. The number of hydrogen-bond donors (Lipinski definition) is 8. The molecule has 11 atom stereocenters. The minimum absolute atomic E-state index is 0.0766. The van der Waals surface area contributed by atoms with Crippen molar-refractivity contribution in [3.63, 3.8) is 0 Å². The van der Waals surface area contributed by atoms with Crippen molar-refractivity contribution >= 4 is 86.9 Å². The van der Waals surface area contributed by atoms with Gasteiger partial charge in [-0.3, -0.25) is 67.0 Å². The molecular weight excluding hydrogens is 1260 g/mol. The van der Waals surface area contributed by atoms with Crippen LogP contribution in [0, 0.1) is 11.8 Å². The van der Waals surface area contributed by atoms with Gasteiger partial charge < -0.3 is 64.8 Å². The van der Waals surface area contributed by atoms with Gasteiger partial charge in [-0.05, 0) is 67.3 Å². The molecule has 2 unspecified atom stereocenters. The number of aromatic amines is 1. The number of hydrogen-bond acceptors (Lipinski definition) is 23. The summed E-state index contributed by atoms with van der Waals surface area (Å²) >= 11 is 0. The fourth-order valence-electron chi connectivity index (χ4n) is 10.7. The highest BCUT2D eigenvalue weighted by Crippen LogP contribution is 2.45. The number of primary amides is 1. The molecule has 2 saturated heterocycles. The maximum atomic E-state index is 14.0. The number of H-pyrrole nitrogens is 1. The number of unbranched alkanes of at least 4 members (excludes halogenated alkanes) is 2. The molecule has 35 heteroatoms. The van der Waals surface area contributed by atoms with Crippen molar-refractivity contribution in [2.24, 2.45) is 17.6 Å². The van der Waals surface area contributed by atoms with E-state index in [0.717, 1.165) is 4.90 Å². The summed E-state index contributed by atoms with van der Waals surface area (Å²) in [4.78, 5) is 138. The van der Waals surface area contributed by atoms with Crippen LogP contribution >= 0.6 is 16.5 Å². The van der Waals surface area contributed by atoms with Gasteiger partial charge in [-0.2, -0.15) is 4.98 Å². The number of fused-ring (bicyclic) bond motifs is 4. The molecule has 2 aromatic carbocycles. The Morgan fingerprint density at radius 3 is 2.37 bits per heavy atom. The van der Waals surface area contributed by atoms with Gasteiger partial charge in [0.2, 0.25) is 29.5 Å². The maximum Gasteiger partial charge on any atom is 0.410 e. The van der Waals surface area contributed by atoms with Crippen molar-refractivity contribution in [2.45, 2.75) is 127 Å². The van der Waals surface area contributed by atoms with Gasteiger partial charge in [0, 0.05) is 81.1 Å². The first-order valence-corrected chi connectivity index (χ1v) is 32.4. The van der Waals surface area contributed by atoms with Gasteiger partial charge in [-0.1, -0.05) is 50.6 Å². The number of amides is 9. The summed E-state index contributed by atoms with van der Waals surface area (Å²) in [5.74, 6) is -3.95. The van der Waals surface area contributed by atoms with Gasteiger partial charge in [0.05, 0.1) is 25.6 Å². The Hall–Kier alpha value is -8.81. The standard InChI is InChI=1S/C58H72N14O19P2/c1-32(2)46(66-42(73)13-5-4-8-23-71-44(74)18-19-45(71)75)53(79)65-39(12-9-21-61-56(59)81)52(78)64-36-16-14-33(15-17-36)27-85-58(82)70(3)26-34-10-6-7-11-38(34)51(77)68-57-67-50-47(54(80)69-57)63-31-72(50)55-49-48(76)41(89-55)29-87-92(83)90-40-25-37(88-43-20-22-60-30-62-43)24-35(40)28-86-93(84)91-49/h6-7,10-11,14-20,22,30-32,35,37,39-41,46,48-49,55,76,92-93H,4-5,8-9,12-13,21,23-29H2,1-3H3,(H,64,78)(H,65,79)(H,66,73)(H3,59,61,81)(H2,67,68,69,77,80)/t35-,37-,39+,40+,41-,46+,48-,49-,55-/m1/s1. The molecule has 2 bridgehead atoms. The summed E-state index contributed by atoms with van der Waals surface area (Å²) in [5.41, 5.74) is 5.40. The van der Waals surface area contributed by atoms with Crippen molar-refractivity contribution in [1.29, 1.82) is 0 Å². The van der Waals surface area contributed by atoms with Crippen LogP contribution in [0.2, 0.25) is 0 Å². The third-order valence-electron chi connectivity index (χ3n) is 15.6. The third-order valence-corrected chi connectivity index (χ3v) is 17.3. The molecule has 33 nitrogen and oxygen atoms in total. The number of nitrogens with one attached hydrogen (secondary N) is 6. The van der Waals surface area contributed by atoms with Crippen molar-refractivity contribution in [2.75, 3.05) is 44.0 Å². The lowest BCUT2D eigenvalue weighted by Gasteiger charge is -2.25. The number of carbonyl (C=O) groups is 8. The van der Waals surface area contributed by atoms with E-state index in [4.69, 9.17) is 38.0 Å². The Morgan fingerprint density at radius 2 is 1.62 bits per heavy atom. The number of aliphatic hydroxyl groups is 1. The number of anilines is 2. The molecule has 1 aliphatic carbocycles. The van der Waals surface area contributed by atoms with Gasteiger partial charge in [0.25, 0.3) is 23.3 Å². The second kappa shape index (κ2) is 32.2. The van der Waals surface area contributed by atoms with E-state index in [1.54, 1.807) is 62.4 Å². The Labute approximate surface area is 532 Å². The topological polar surface area (TPSA) is 438 Å². The van der Waals surface area contributed by atoms with Crippen LogP contribution < -0.4 is 42.6 Å². The van der Waals surface area contributed by atoms with E-state index in [2.05, 4.69) is 51.5 Å². The summed E-state index contributed by atoms with van der Waals surface area (Å²) in [5, 5.41) is 24.7. The van der Waals surface area contributed by atoms with Crippen LogP contribution in [-0.4, -0.2) is 168 Å². The van der Waals surface area contributed by atoms with E-state index in [1.807, 2.05) is 0 Å². The highest BCUT2D eigenvalue weighted by atomic mass is 31.1. The van der Waals surface area contributed by atoms with Crippen molar-refractivity contribution < 1.29 is 84.9 Å². The van der Waals surface area contributed by atoms with E-state index >= 15 is 0 Å². The highest BCUT2D eigenvalue weighted by molar-refractivity contribution is 7.33. The van der Waals surface area contributed by atoms with Crippen molar-refractivity contribution in [1.82, 2.24) is 55.2 Å². The lowest BCUT2D eigenvalue weighted by atomic mass is 10.0. The molecule has 9 amide bonds. The minimum Gasteiger partial charge on any atom is -0.474 e. The molecule has 5 aromatic rings. The van der Waals surface area contributed by atoms with E-state index in [-0.39, 0.29) is 98.9 Å². The molecule has 0 spiro atoms. The van der Waals surface area contributed by atoms with Crippen molar-refractivity contribution in [3.8, 4) is 5.88 Å². The number of urea groups is 1. The van der Waals surface area contributed by atoms with Gasteiger partial charge >= 0.3 is 28.6 Å². The predicted molar refractivity (Wildman–Crippen MR) is 328 cm³/mol. The minimum atomic E-state index is -3.39. The number of nitrogens with two attached hydrogens (primary N) is 1. The first-order valence-electron chi connectivity index (χ1n) is 29.9. The number of benzene rings is 2. The lowest BCUT2D eigenvalue weighted by Crippen LogP contribution is -2.54. The molecule has 9 rings (SSSR count). The van der Waals surface area contributed by atoms with Gasteiger partial charge in [-0.25, -0.2) is 24.5 Å². The monoisotopic (exact) mass is 1330 g/mol. The van der Waals surface area contributed by atoms with Crippen LogP contribution in [0.5, 0.6) is 5.88 Å². The van der Waals surface area contributed by atoms with Gasteiger partial charge in [0.1, 0.15) is 49.4 Å². The fraction of sp³-hybridized carbons (Fsp3) is 0.466. The number of ether oxygens (including phenoxy) is 3. The second-order valence-corrected chi connectivity index (χ2v) is 24.7. The van der Waals surface area contributed by atoms with Crippen LogP contribution in [0.1, 0.15) is 92.9 Å². The number of imidazole rings is 1. The lowest BCUT2D eigenvalue weighted by molar-refractivity contribution is -0.137. The van der Waals surface area contributed by atoms with E-state index in [1.165, 1.54) is 53.6 Å². The summed E-state index contributed by atoms with van der Waals surface area (Å²) in [6.07, 6.45) is 1.53. The SMILES string of the molecule is CC(C)[C@H](NC(=O)CCCCCN1C(=O)C=CC1=O)C(=O)N[C@@H](CCCNC(N)=O)C(=O)Nc1ccc(COC(=O)N(C)Cc2ccccc2C(=O)Nc2nc3c(ncn3[C@@H]3O[C@@H]4CO[PH](=O)O[C@H]5C[C@H](Oc6ccncn6)C[C@@H]5CO[PH](=O)O[C@@H]3[C@@H]4O)c(=O)[nH]2)cc1. The molecule has 4 aliphatic rings. The quantitative estimate of drug-likeness (QED) is 0.0236. The smallest absolute Gasteiger partial charge is 0.410 e. The Balaban J connectivity index is 0.772. The summed E-state index contributed by atoms with van der Waals surface area (Å²) < 4.78 is 68.5. The zero-order valence-electron chi connectivity index (χ0n) is 50.8. The average Bonchev–Trinajstić information content (AvgIpc) is 1.62. The van der Waals surface area contributed by atoms with E-state index in [9.17, 15) is 57.4 Å². The summed E-state index contributed by atoms with van der Waals surface area (Å²) in [7, 11) is -5.15. The Morgan fingerprint density at radius 1 is 0.871 bits per heavy atom. The molecule has 3 aliphatic heterocycles. The molecule has 3 fully saturated rings. The van der Waals surface area contributed by atoms with E-state index < -0.39 is 119 Å². The predicted octanol–water partition coefficient (Wildman–Crippen LogP) is 3.14. The summed E-state index contributed by atoms with van der Waals surface area (Å²) in [6.45, 7) is 2.86. The average molecular weight is 1330 g/mol. The Kier molecular flexibility index (Phi) is 23.7. The molecule has 93 heavy (non-hydrogen) atoms. The first kappa shape index (κ1) is 68.6. The molecule has 9 N–H and O–H groups in total. The largest absolute Gasteiger partial charge is 0.474 e. The number of aromatic nitrogens is 6. The third kappa shape index (κ3) is 18.5. The molecule has 498 valence electrons. The molecular formula is C58H72N14O19P2. The maximum absolute atomic E-state index is 14.0. The van der Waals surface area contributed by atoms with Crippen LogP contribution in [0.4, 0.5) is 21.2 Å². The number of aliphatic hydroxyl groups excluding tert-OH is 1. The van der Waals surface area contributed by atoms with Gasteiger partial charge in [0.15, 0.2) is 17.4 Å². The number of imide groups is 1. The zero-order chi connectivity index (χ0) is 66.3. The normalized spacial score (nSPS) is 22.8. The van der Waals surface area contributed by atoms with E-state index in [0.29, 0.717) is 48.4 Å². The molecule has 6 heterocycles. The Bertz CT molecular complexity index is 3650. The van der Waals surface area contributed by atoms with Crippen LogP contribution in [-0.2, 0) is 73.8 Å². The number of nitrogens with zero attached hydrogens (tertiary/aromatic N) is 7. The molecule has 0 radical (unpaired) electrons. The number of carbonyl (C=O) groups excluding carboxylic acids is 8. The number of rotatable bonds is 25.